The first-order valence-electron chi connectivity index (χ1n) is 6.05. The summed E-state index contributed by atoms with van der Waals surface area (Å²) < 4.78 is 20.9. The minimum Gasteiger partial charge on any atom is -0.497 e. The van der Waals surface area contributed by atoms with Crippen LogP contribution in [-0.4, -0.2) is 21.4 Å². The maximum Gasteiger partial charge on any atom is 0.272 e. The standard InChI is InChI=1S/C14H10FN3O3/c1-21-10-4-5-17-13(8-16-14(17)7-10)11-3-2-9(18(19)20)6-12(11)15/h2-8H,1H3. The lowest BCUT2D eigenvalue weighted by molar-refractivity contribution is -0.385. The number of fused-ring (bicyclic) bond motifs is 1. The molecule has 21 heavy (non-hydrogen) atoms. The van der Waals surface area contributed by atoms with Gasteiger partial charge in [0.25, 0.3) is 5.69 Å². The van der Waals surface area contributed by atoms with Crippen molar-refractivity contribution in [2.45, 2.75) is 0 Å². The van der Waals surface area contributed by atoms with Gasteiger partial charge in [-0.15, -0.1) is 0 Å². The number of halogens is 1. The number of nitro benzene ring substituents is 1. The van der Waals surface area contributed by atoms with Gasteiger partial charge in [-0.2, -0.15) is 0 Å². The Morgan fingerprint density at radius 2 is 2.14 bits per heavy atom. The number of nitro groups is 1. The smallest absolute Gasteiger partial charge is 0.272 e. The van der Waals surface area contributed by atoms with Gasteiger partial charge in [0.15, 0.2) is 0 Å². The average Bonchev–Trinajstić information content (AvgIpc) is 2.89. The van der Waals surface area contributed by atoms with Crippen molar-refractivity contribution >= 4 is 11.3 Å². The van der Waals surface area contributed by atoms with Gasteiger partial charge in [0, 0.05) is 23.9 Å². The van der Waals surface area contributed by atoms with Crippen molar-refractivity contribution in [2.24, 2.45) is 0 Å². The predicted octanol–water partition coefficient (Wildman–Crippen LogP) is 3.06. The van der Waals surface area contributed by atoms with Crippen LogP contribution >= 0.6 is 0 Å². The molecule has 3 aromatic rings. The molecule has 0 fully saturated rings. The summed E-state index contributed by atoms with van der Waals surface area (Å²) in [6.07, 6.45) is 3.22. The van der Waals surface area contributed by atoms with E-state index in [-0.39, 0.29) is 11.3 Å². The molecule has 0 aliphatic heterocycles. The van der Waals surface area contributed by atoms with Crippen LogP contribution in [0.1, 0.15) is 0 Å². The molecule has 0 bridgehead atoms. The van der Waals surface area contributed by atoms with Crippen LogP contribution in [0.4, 0.5) is 10.1 Å². The molecule has 2 aromatic heterocycles. The Morgan fingerprint density at radius 1 is 1.33 bits per heavy atom. The molecule has 0 aliphatic carbocycles. The minimum absolute atomic E-state index is 0.248. The topological polar surface area (TPSA) is 69.7 Å². The molecule has 0 saturated carbocycles. The van der Waals surface area contributed by atoms with Crippen LogP contribution in [0.25, 0.3) is 16.9 Å². The fourth-order valence-corrected chi connectivity index (χ4v) is 2.11. The van der Waals surface area contributed by atoms with E-state index in [1.165, 1.54) is 18.3 Å². The third-order valence-electron chi connectivity index (χ3n) is 3.16. The quantitative estimate of drug-likeness (QED) is 0.548. The second kappa shape index (κ2) is 4.86. The van der Waals surface area contributed by atoms with Crippen molar-refractivity contribution in [3.8, 4) is 17.0 Å². The summed E-state index contributed by atoms with van der Waals surface area (Å²) in [5.41, 5.74) is 1.08. The van der Waals surface area contributed by atoms with Crippen molar-refractivity contribution in [1.29, 1.82) is 0 Å². The van der Waals surface area contributed by atoms with E-state index < -0.39 is 10.7 Å². The Morgan fingerprint density at radius 3 is 2.81 bits per heavy atom. The molecule has 0 spiro atoms. The fraction of sp³-hybridized carbons (Fsp3) is 0.0714. The number of non-ortho nitro benzene ring substituents is 1. The van der Waals surface area contributed by atoms with Gasteiger partial charge in [0.1, 0.15) is 17.2 Å². The largest absolute Gasteiger partial charge is 0.497 e. The molecular formula is C14H10FN3O3. The summed E-state index contributed by atoms with van der Waals surface area (Å²) in [5.74, 6) is -0.0226. The number of aromatic nitrogens is 2. The number of ether oxygens (including phenoxy) is 1. The summed E-state index contributed by atoms with van der Waals surface area (Å²) in [7, 11) is 1.55. The molecule has 0 N–H and O–H groups in total. The first-order valence-corrected chi connectivity index (χ1v) is 6.05. The normalized spacial score (nSPS) is 10.8. The monoisotopic (exact) mass is 287 g/mol. The van der Waals surface area contributed by atoms with E-state index >= 15 is 0 Å². The molecule has 0 unspecified atom stereocenters. The molecule has 6 nitrogen and oxygen atoms in total. The van der Waals surface area contributed by atoms with E-state index in [1.807, 2.05) is 0 Å². The Bertz CT molecular complexity index is 845. The molecule has 0 saturated heterocycles. The molecule has 0 aliphatic rings. The van der Waals surface area contributed by atoms with Gasteiger partial charge in [-0.25, -0.2) is 9.37 Å². The van der Waals surface area contributed by atoms with E-state index in [9.17, 15) is 14.5 Å². The number of hydrogen-bond acceptors (Lipinski definition) is 4. The third kappa shape index (κ3) is 2.18. The molecular weight excluding hydrogens is 277 g/mol. The molecule has 0 radical (unpaired) electrons. The Kier molecular flexibility index (Phi) is 3.02. The van der Waals surface area contributed by atoms with Gasteiger partial charge in [0.05, 0.1) is 30.0 Å². The summed E-state index contributed by atoms with van der Waals surface area (Å²) in [6.45, 7) is 0. The van der Waals surface area contributed by atoms with Crippen LogP contribution < -0.4 is 4.74 Å². The molecule has 0 atom stereocenters. The first-order chi connectivity index (χ1) is 10.1. The van der Waals surface area contributed by atoms with E-state index in [0.29, 0.717) is 17.1 Å². The summed E-state index contributed by atoms with van der Waals surface area (Å²) in [6, 6.07) is 6.98. The van der Waals surface area contributed by atoms with Crippen LogP contribution in [0.2, 0.25) is 0 Å². The maximum absolute atomic E-state index is 14.1. The molecule has 2 heterocycles. The summed E-state index contributed by atoms with van der Waals surface area (Å²) in [5, 5.41) is 10.6. The van der Waals surface area contributed by atoms with Gasteiger partial charge in [0.2, 0.25) is 0 Å². The number of benzene rings is 1. The second-order valence-electron chi connectivity index (χ2n) is 4.36. The number of nitrogens with zero attached hydrogens (tertiary/aromatic N) is 3. The van der Waals surface area contributed by atoms with Crippen LogP contribution in [-0.2, 0) is 0 Å². The Balaban J connectivity index is 2.14. The Hall–Kier alpha value is -2.96. The highest BCUT2D eigenvalue weighted by Gasteiger charge is 2.15. The number of hydrogen-bond donors (Lipinski definition) is 0. The highest BCUT2D eigenvalue weighted by molar-refractivity contribution is 5.66. The number of imidazole rings is 1. The van der Waals surface area contributed by atoms with Gasteiger partial charge < -0.3 is 4.74 Å². The zero-order valence-electron chi connectivity index (χ0n) is 11.0. The lowest BCUT2D eigenvalue weighted by atomic mass is 10.1. The minimum atomic E-state index is -0.665. The predicted molar refractivity (Wildman–Crippen MR) is 73.8 cm³/mol. The van der Waals surface area contributed by atoms with Crippen LogP contribution in [0.3, 0.4) is 0 Å². The molecule has 106 valence electrons. The van der Waals surface area contributed by atoms with Crippen molar-refractivity contribution < 1.29 is 14.1 Å². The average molecular weight is 287 g/mol. The van der Waals surface area contributed by atoms with Crippen LogP contribution in [0, 0.1) is 15.9 Å². The molecule has 1 aromatic carbocycles. The summed E-state index contributed by atoms with van der Waals surface area (Å²) >= 11 is 0. The van der Waals surface area contributed by atoms with E-state index in [4.69, 9.17) is 4.74 Å². The number of pyridine rings is 1. The molecule has 3 rings (SSSR count). The Labute approximate surface area is 118 Å². The van der Waals surface area contributed by atoms with E-state index in [1.54, 1.807) is 29.8 Å². The zero-order valence-corrected chi connectivity index (χ0v) is 11.0. The maximum atomic E-state index is 14.1. The van der Waals surface area contributed by atoms with Crippen molar-refractivity contribution in [1.82, 2.24) is 9.38 Å². The van der Waals surface area contributed by atoms with E-state index in [0.717, 1.165) is 6.07 Å². The molecule has 7 heteroatoms. The van der Waals surface area contributed by atoms with Crippen molar-refractivity contribution in [3.63, 3.8) is 0 Å². The lowest BCUT2D eigenvalue weighted by Crippen LogP contribution is -1.94. The van der Waals surface area contributed by atoms with E-state index in [2.05, 4.69) is 4.98 Å². The second-order valence-corrected chi connectivity index (χ2v) is 4.36. The van der Waals surface area contributed by atoms with Crippen LogP contribution in [0.15, 0.2) is 42.7 Å². The SMILES string of the molecule is COc1ccn2c(-c3ccc([N+](=O)[O-])cc3F)cnc2c1. The van der Waals surface area contributed by atoms with Gasteiger partial charge in [-0.05, 0) is 12.1 Å². The van der Waals surface area contributed by atoms with Gasteiger partial charge in [-0.3, -0.25) is 14.5 Å². The fourth-order valence-electron chi connectivity index (χ4n) is 2.11. The number of methoxy groups -OCH3 is 1. The highest BCUT2D eigenvalue weighted by atomic mass is 19.1. The lowest BCUT2D eigenvalue weighted by Gasteiger charge is -2.05. The zero-order chi connectivity index (χ0) is 15.0. The summed E-state index contributed by atoms with van der Waals surface area (Å²) in [4.78, 5) is 14.2. The number of rotatable bonds is 3. The van der Waals surface area contributed by atoms with Crippen molar-refractivity contribution in [2.75, 3.05) is 7.11 Å². The van der Waals surface area contributed by atoms with Gasteiger partial charge >= 0.3 is 0 Å². The first kappa shape index (κ1) is 13.0. The van der Waals surface area contributed by atoms with Crippen molar-refractivity contribution in [3.05, 3.63) is 58.7 Å². The third-order valence-corrected chi connectivity index (χ3v) is 3.16. The van der Waals surface area contributed by atoms with Crippen LogP contribution in [0.5, 0.6) is 5.75 Å². The molecule has 0 amide bonds. The highest BCUT2D eigenvalue weighted by Crippen LogP contribution is 2.27. The van der Waals surface area contributed by atoms with Gasteiger partial charge in [-0.1, -0.05) is 0 Å².